The average Bonchev–Trinajstić information content (AvgIpc) is 2.80. The molecule has 0 saturated carbocycles. The number of hydrogen-bond acceptors (Lipinski definition) is 4. The normalized spacial score (nSPS) is 15.9. The maximum Gasteiger partial charge on any atom is 0.206 e. The van der Waals surface area contributed by atoms with Gasteiger partial charge in [0.2, 0.25) is 9.84 Å². The van der Waals surface area contributed by atoms with Crippen molar-refractivity contribution in [2.24, 2.45) is 0 Å². The summed E-state index contributed by atoms with van der Waals surface area (Å²) in [6.45, 7) is 1.93. The number of allylic oxidation sites excluding steroid dienone is 1. The summed E-state index contributed by atoms with van der Waals surface area (Å²) in [5.41, 5.74) is 3.21. The molecule has 1 atom stereocenters. The average molecular weight is 433 g/mol. The molecule has 0 saturated heterocycles. The van der Waals surface area contributed by atoms with E-state index in [0.717, 1.165) is 28.2 Å². The van der Waals surface area contributed by atoms with E-state index in [1.54, 1.807) is 37.5 Å². The fraction of sp³-hybridized carbons (Fsp3) is 0.154. The molecule has 1 unspecified atom stereocenters. The summed E-state index contributed by atoms with van der Waals surface area (Å²) in [4.78, 5) is 0.619. The van der Waals surface area contributed by atoms with Crippen LogP contribution in [0.4, 0.5) is 0 Å². The molecule has 3 aromatic carbocycles. The molecule has 5 heteroatoms. The molecule has 0 aromatic heterocycles. The van der Waals surface area contributed by atoms with Crippen molar-refractivity contribution in [2.75, 3.05) is 7.11 Å². The Morgan fingerprint density at radius 3 is 1.90 bits per heavy atom. The second-order valence-electron chi connectivity index (χ2n) is 7.43. The number of ether oxygens (including phenoxy) is 2. The van der Waals surface area contributed by atoms with Crippen LogP contribution in [0.25, 0.3) is 11.1 Å². The van der Waals surface area contributed by atoms with Crippen molar-refractivity contribution in [3.05, 3.63) is 101 Å². The SMILES string of the molecule is COc1ccc(-c2ccc(OC3C=CC(S(=O)(=O)c4ccc(C)cc4)=CC3)cc2)cc1. The van der Waals surface area contributed by atoms with Gasteiger partial charge in [-0.15, -0.1) is 0 Å². The summed E-state index contributed by atoms with van der Waals surface area (Å²) in [6.07, 6.45) is 5.46. The zero-order valence-electron chi connectivity index (χ0n) is 17.5. The molecule has 0 radical (unpaired) electrons. The summed E-state index contributed by atoms with van der Waals surface area (Å²) in [7, 11) is -1.86. The van der Waals surface area contributed by atoms with Crippen molar-refractivity contribution in [1.29, 1.82) is 0 Å². The Morgan fingerprint density at radius 2 is 1.39 bits per heavy atom. The molecule has 4 nitrogen and oxygen atoms in total. The van der Waals surface area contributed by atoms with E-state index in [-0.39, 0.29) is 6.10 Å². The van der Waals surface area contributed by atoms with Gasteiger partial charge in [-0.3, -0.25) is 0 Å². The van der Waals surface area contributed by atoms with Crippen LogP contribution < -0.4 is 9.47 Å². The zero-order chi connectivity index (χ0) is 21.8. The monoisotopic (exact) mass is 432 g/mol. The molecule has 0 fully saturated rings. The lowest BCUT2D eigenvalue weighted by Gasteiger charge is -2.18. The molecule has 0 heterocycles. The third kappa shape index (κ3) is 4.72. The summed E-state index contributed by atoms with van der Waals surface area (Å²) >= 11 is 0. The minimum atomic E-state index is -3.51. The zero-order valence-corrected chi connectivity index (χ0v) is 18.3. The highest BCUT2D eigenvalue weighted by Gasteiger charge is 2.22. The number of sulfone groups is 1. The molecule has 31 heavy (non-hydrogen) atoms. The van der Waals surface area contributed by atoms with Gasteiger partial charge in [0.15, 0.2) is 0 Å². The minimum absolute atomic E-state index is 0.205. The summed E-state index contributed by atoms with van der Waals surface area (Å²) in [6, 6.07) is 22.7. The first kappa shape index (κ1) is 20.9. The van der Waals surface area contributed by atoms with Crippen LogP contribution in [0.1, 0.15) is 12.0 Å². The van der Waals surface area contributed by atoms with Gasteiger partial charge in [0.05, 0.1) is 16.9 Å². The highest BCUT2D eigenvalue weighted by atomic mass is 32.2. The predicted molar refractivity (Wildman–Crippen MR) is 123 cm³/mol. The van der Waals surface area contributed by atoms with E-state index in [4.69, 9.17) is 9.47 Å². The van der Waals surface area contributed by atoms with Gasteiger partial charge in [-0.1, -0.05) is 48.0 Å². The summed E-state index contributed by atoms with van der Waals surface area (Å²) < 4.78 is 36.8. The predicted octanol–water partition coefficient (Wildman–Crippen LogP) is 5.74. The highest BCUT2D eigenvalue weighted by Crippen LogP contribution is 2.28. The topological polar surface area (TPSA) is 52.6 Å². The Hall–Kier alpha value is -3.31. The van der Waals surface area contributed by atoms with E-state index in [0.29, 0.717) is 16.2 Å². The number of hydrogen-bond donors (Lipinski definition) is 0. The number of rotatable bonds is 6. The van der Waals surface area contributed by atoms with Crippen LogP contribution >= 0.6 is 0 Å². The summed E-state index contributed by atoms with van der Waals surface area (Å²) in [5.74, 6) is 1.56. The van der Waals surface area contributed by atoms with Crippen LogP contribution in [0.3, 0.4) is 0 Å². The maximum absolute atomic E-state index is 12.8. The van der Waals surface area contributed by atoms with Crippen LogP contribution in [-0.2, 0) is 9.84 Å². The molecule has 0 bridgehead atoms. The third-order valence-corrected chi connectivity index (χ3v) is 7.05. The van der Waals surface area contributed by atoms with Crippen molar-refractivity contribution < 1.29 is 17.9 Å². The second kappa shape index (κ2) is 8.82. The van der Waals surface area contributed by atoms with E-state index in [1.165, 1.54) is 0 Å². The molecule has 0 N–H and O–H groups in total. The van der Waals surface area contributed by atoms with Crippen LogP contribution in [0.15, 0.2) is 101 Å². The van der Waals surface area contributed by atoms with Gasteiger partial charge < -0.3 is 9.47 Å². The molecule has 4 rings (SSSR count). The molecule has 1 aliphatic carbocycles. The Bertz CT molecular complexity index is 1200. The van der Waals surface area contributed by atoms with Crippen LogP contribution in [-0.4, -0.2) is 21.6 Å². The number of benzene rings is 3. The van der Waals surface area contributed by atoms with Gasteiger partial charge in [0, 0.05) is 6.42 Å². The van der Waals surface area contributed by atoms with E-state index >= 15 is 0 Å². The number of aryl methyl sites for hydroxylation is 1. The van der Waals surface area contributed by atoms with Crippen molar-refractivity contribution in [1.82, 2.24) is 0 Å². The Morgan fingerprint density at radius 1 is 0.806 bits per heavy atom. The smallest absolute Gasteiger partial charge is 0.206 e. The fourth-order valence-corrected chi connectivity index (χ4v) is 4.75. The van der Waals surface area contributed by atoms with Crippen molar-refractivity contribution in [3.8, 4) is 22.6 Å². The van der Waals surface area contributed by atoms with E-state index in [9.17, 15) is 8.42 Å². The molecule has 0 amide bonds. The fourth-order valence-electron chi connectivity index (χ4n) is 3.41. The number of methoxy groups -OCH3 is 1. The van der Waals surface area contributed by atoms with Gasteiger partial charge in [0.1, 0.15) is 17.6 Å². The van der Waals surface area contributed by atoms with E-state index in [2.05, 4.69) is 0 Å². The van der Waals surface area contributed by atoms with Gasteiger partial charge in [0.25, 0.3) is 0 Å². The highest BCUT2D eigenvalue weighted by molar-refractivity contribution is 7.95. The maximum atomic E-state index is 12.8. The molecule has 3 aromatic rings. The Kier molecular flexibility index (Phi) is 5.96. The van der Waals surface area contributed by atoms with Crippen LogP contribution in [0, 0.1) is 6.92 Å². The van der Waals surface area contributed by atoms with Crippen LogP contribution in [0.2, 0.25) is 0 Å². The largest absolute Gasteiger partial charge is 0.497 e. The van der Waals surface area contributed by atoms with Gasteiger partial charge in [-0.25, -0.2) is 8.42 Å². The van der Waals surface area contributed by atoms with Crippen molar-refractivity contribution >= 4 is 9.84 Å². The van der Waals surface area contributed by atoms with Gasteiger partial charge >= 0.3 is 0 Å². The Labute approximate surface area is 183 Å². The first-order chi connectivity index (χ1) is 15.0. The second-order valence-corrected chi connectivity index (χ2v) is 9.38. The summed E-state index contributed by atoms with van der Waals surface area (Å²) in [5, 5.41) is 0. The molecule has 158 valence electrons. The van der Waals surface area contributed by atoms with Gasteiger partial charge in [-0.2, -0.15) is 0 Å². The lowest BCUT2D eigenvalue weighted by atomic mass is 10.1. The molecule has 1 aliphatic rings. The Balaban J connectivity index is 1.41. The van der Waals surface area contributed by atoms with Crippen LogP contribution in [0.5, 0.6) is 11.5 Å². The van der Waals surface area contributed by atoms with Gasteiger partial charge in [-0.05, 0) is 66.6 Å². The molecule has 0 aliphatic heterocycles. The van der Waals surface area contributed by atoms with Crippen molar-refractivity contribution in [2.45, 2.75) is 24.3 Å². The molecular weight excluding hydrogens is 408 g/mol. The quantitative estimate of drug-likeness (QED) is 0.499. The minimum Gasteiger partial charge on any atom is -0.497 e. The third-order valence-electron chi connectivity index (χ3n) is 5.23. The molecule has 0 spiro atoms. The first-order valence-electron chi connectivity index (χ1n) is 10.1. The van der Waals surface area contributed by atoms with E-state index in [1.807, 2.05) is 67.6 Å². The molecular formula is C26H24O4S. The van der Waals surface area contributed by atoms with E-state index < -0.39 is 9.84 Å². The lowest BCUT2D eigenvalue weighted by Crippen LogP contribution is -2.17. The standard InChI is InChI=1S/C26H24O4S/c1-19-3-15-25(16-4-19)31(27,28)26-17-13-24(14-18-26)30-23-11-7-21(8-12-23)20-5-9-22(29-2)10-6-20/h3-13,15-18,24H,14H2,1-2H3. The van der Waals surface area contributed by atoms with Crippen molar-refractivity contribution in [3.63, 3.8) is 0 Å². The lowest BCUT2D eigenvalue weighted by molar-refractivity contribution is 0.251. The first-order valence-corrected chi connectivity index (χ1v) is 11.6.